The van der Waals surface area contributed by atoms with Gasteiger partial charge in [0.1, 0.15) is 0 Å². The van der Waals surface area contributed by atoms with E-state index in [1.54, 1.807) is 15.7 Å². The number of hydrogen-bond donors (Lipinski definition) is 0. The van der Waals surface area contributed by atoms with Gasteiger partial charge in [0.15, 0.2) is 6.29 Å². The van der Waals surface area contributed by atoms with Crippen LogP contribution in [-0.4, -0.2) is 62.7 Å². The highest BCUT2D eigenvalue weighted by Crippen LogP contribution is 2.29. The van der Waals surface area contributed by atoms with Crippen molar-refractivity contribution in [3.63, 3.8) is 0 Å². The van der Waals surface area contributed by atoms with Crippen LogP contribution in [0.25, 0.3) is 0 Å². The zero-order valence-corrected chi connectivity index (χ0v) is 14.3. The topological polar surface area (TPSA) is 59.1 Å². The average Bonchev–Trinajstić information content (AvgIpc) is 3.09. The lowest BCUT2D eigenvalue weighted by molar-refractivity contribution is -0.0939. The van der Waals surface area contributed by atoms with E-state index in [4.69, 9.17) is 9.47 Å². The minimum atomic E-state index is -3.32. The van der Waals surface area contributed by atoms with Crippen molar-refractivity contribution in [2.45, 2.75) is 57.3 Å². The zero-order chi connectivity index (χ0) is 15.6. The Morgan fingerprint density at radius 2 is 1.55 bits per heavy atom. The lowest BCUT2D eigenvalue weighted by Crippen LogP contribution is -2.50. The summed E-state index contributed by atoms with van der Waals surface area (Å²) in [5, 5.41) is 0. The van der Waals surface area contributed by atoms with Crippen molar-refractivity contribution in [3.05, 3.63) is 0 Å². The van der Waals surface area contributed by atoms with Gasteiger partial charge in [-0.2, -0.15) is 17.0 Å². The molecule has 6 nitrogen and oxygen atoms in total. The molecule has 0 radical (unpaired) electrons. The third-order valence-corrected chi connectivity index (χ3v) is 7.35. The molecule has 0 aromatic rings. The summed E-state index contributed by atoms with van der Waals surface area (Å²) in [6, 6.07) is 0.179. The normalized spacial score (nSPS) is 27.7. The van der Waals surface area contributed by atoms with E-state index in [1.807, 2.05) is 0 Å². The summed E-state index contributed by atoms with van der Waals surface area (Å²) in [5.74, 6) is 0.328. The Labute approximate surface area is 133 Å². The van der Waals surface area contributed by atoms with Crippen LogP contribution in [0.5, 0.6) is 0 Å². The molecule has 0 aromatic carbocycles. The van der Waals surface area contributed by atoms with Crippen LogP contribution in [0.3, 0.4) is 0 Å². The number of ether oxygens (including phenoxy) is 2. The van der Waals surface area contributed by atoms with E-state index in [2.05, 4.69) is 0 Å². The van der Waals surface area contributed by atoms with Crippen molar-refractivity contribution < 1.29 is 17.9 Å². The Hall–Kier alpha value is -0.210. The second kappa shape index (κ2) is 7.13. The van der Waals surface area contributed by atoms with Crippen molar-refractivity contribution in [2.24, 2.45) is 5.92 Å². The molecule has 0 unspecified atom stereocenters. The van der Waals surface area contributed by atoms with Gasteiger partial charge in [-0.15, -0.1) is 0 Å². The molecule has 3 fully saturated rings. The number of nitrogens with zero attached hydrogens (tertiary/aromatic N) is 2. The quantitative estimate of drug-likeness (QED) is 0.784. The molecule has 3 rings (SSSR count). The van der Waals surface area contributed by atoms with Crippen molar-refractivity contribution in [1.29, 1.82) is 0 Å². The molecule has 0 N–H and O–H groups in total. The summed E-state index contributed by atoms with van der Waals surface area (Å²) in [7, 11) is -1.57. The van der Waals surface area contributed by atoms with E-state index < -0.39 is 10.2 Å². The highest BCUT2D eigenvalue weighted by Gasteiger charge is 2.37. The van der Waals surface area contributed by atoms with Crippen molar-refractivity contribution in [2.75, 3.05) is 33.4 Å². The standard InChI is InChI=1S/C15H28N2O4S/c1-16(14-5-3-2-4-6-14)22(18,19)17-9-7-13(8-10-17)15-20-11-12-21-15/h13-15H,2-12H2,1H3. The predicted octanol–water partition coefficient (Wildman–Crippen LogP) is 1.58. The maximum atomic E-state index is 12.8. The molecular weight excluding hydrogens is 304 g/mol. The first-order valence-electron chi connectivity index (χ1n) is 8.55. The highest BCUT2D eigenvalue weighted by atomic mass is 32.2. The van der Waals surface area contributed by atoms with Crippen molar-refractivity contribution >= 4 is 10.2 Å². The predicted molar refractivity (Wildman–Crippen MR) is 83.5 cm³/mol. The molecule has 2 aliphatic heterocycles. The minimum Gasteiger partial charge on any atom is -0.350 e. The number of hydrogen-bond acceptors (Lipinski definition) is 4. The Balaban J connectivity index is 1.56. The van der Waals surface area contributed by atoms with Crippen LogP contribution in [0.1, 0.15) is 44.9 Å². The molecule has 3 aliphatic rings. The van der Waals surface area contributed by atoms with Gasteiger partial charge in [-0.25, -0.2) is 0 Å². The molecule has 128 valence electrons. The summed E-state index contributed by atoms with van der Waals surface area (Å²) < 4.78 is 40.0. The zero-order valence-electron chi connectivity index (χ0n) is 13.4. The van der Waals surface area contributed by atoms with E-state index in [-0.39, 0.29) is 12.3 Å². The molecular formula is C15H28N2O4S. The molecule has 1 aliphatic carbocycles. The van der Waals surface area contributed by atoms with E-state index in [0.29, 0.717) is 32.2 Å². The second-order valence-corrected chi connectivity index (χ2v) is 8.65. The molecule has 0 aromatic heterocycles. The second-order valence-electron chi connectivity index (χ2n) is 6.66. The summed E-state index contributed by atoms with van der Waals surface area (Å²) in [5.41, 5.74) is 0. The smallest absolute Gasteiger partial charge is 0.281 e. The summed E-state index contributed by atoms with van der Waals surface area (Å²) >= 11 is 0. The van der Waals surface area contributed by atoms with Crippen LogP contribution in [-0.2, 0) is 19.7 Å². The van der Waals surface area contributed by atoms with Gasteiger partial charge in [0.2, 0.25) is 0 Å². The Kier molecular flexibility index (Phi) is 5.39. The SMILES string of the molecule is CN(C1CCCCC1)S(=O)(=O)N1CCC(C2OCCO2)CC1. The molecule has 0 atom stereocenters. The summed E-state index contributed by atoms with van der Waals surface area (Å²) in [4.78, 5) is 0. The van der Waals surface area contributed by atoms with Crippen LogP contribution < -0.4 is 0 Å². The molecule has 7 heteroatoms. The minimum absolute atomic E-state index is 0.124. The van der Waals surface area contributed by atoms with Gasteiger partial charge < -0.3 is 9.47 Å². The number of rotatable bonds is 4. The van der Waals surface area contributed by atoms with Crippen LogP contribution in [0, 0.1) is 5.92 Å². The van der Waals surface area contributed by atoms with Crippen LogP contribution in [0.15, 0.2) is 0 Å². The molecule has 0 spiro atoms. The molecule has 22 heavy (non-hydrogen) atoms. The fourth-order valence-corrected chi connectivity index (χ4v) is 5.47. The number of piperidine rings is 1. The third kappa shape index (κ3) is 3.48. The Morgan fingerprint density at radius 3 is 2.14 bits per heavy atom. The fraction of sp³-hybridized carbons (Fsp3) is 1.00. The third-order valence-electron chi connectivity index (χ3n) is 5.31. The van der Waals surface area contributed by atoms with Crippen molar-refractivity contribution in [1.82, 2.24) is 8.61 Å². The molecule has 2 saturated heterocycles. The molecule has 0 amide bonds. The first-order chi connectivity index (χ1) is 10.6. The first-order valence-corrected chi connectivity index (χ1v) is 9.95. The van der Waals surface area contributed by atoms with Gasteiger partial charge in [0, 0.05) is 32.1 Å². The lowest BCUT2D eigenvalue weighted by atomic mass is 9.96. The Morgan fingerprint density at radius 1 is 0.955 bits per heavy atom. The van der Waals surface area contributed by atoms with Crippen LogP contribution >= 0.6 is 0 Å². The Bertz CT molecular complexity index is 450. The van der Waals surface area contributed by atoms with Gasteiger partial charge in [-0.05, 0) is 25.7 Å². The summed E-state index contributed by atoms with van der Waals surface area (Å²) in [6.45, 7) is 2.47. The van der Waals surface area contributed by atoms with E-state index in [9.17, 15) is 8.42 Å². The molecule has 0 bridgehead atoms. The molecule has 2 heterocycles. The van der Waals surface area contributed by atoms with E-state index in [1.165, 1.54) is 6.42 Å². The van der Waals surface area contributed by atoms with Gasteiger partial charge in [0.25, 0.3) is 10.2 Å². The van der Waals surface area contributed by atoms with Crippen LogP contribution in [0.4, 0.5) is 0 Å². The lowest BCUT2D eigenvalue weighted by Gasteiger charge is -2.38. The van der Waals surface area contributed by atoms with Crippen LogP contribution in [0.2, 0.25) is 0 Å². The summed E-state index contributed by atoms with van der Waals surface area (Å²) in [6.07, 6.45) is 7.03. The van der Waals surface area contributed by atoms with Gasteiger partial charge in [-0.3, -0.25) is 0 Å². The largest absolute Gasteiger partial charge is 0.350 e. The molecule has 1 saturated carbocycles. The monoisotopic (exact) mass is 332 g/mol. The first kappa shape index (κ1) is 16.6. The fourth-order valence-electron chi connectivity index (χ4n) is 3.84. The van der Waals surface area contributed by atoms with Gasteiger partial charge in [0.05, 0.1) is 13.2 Å². The van der Waals surface area contributed by atoms with Gasteiger partial charge in [-0.1, -0.05) is 19.3 Å². The van der Waals surface area contributed by atoms with Crippen molar-refractivity contribution in [3.8, 4) is 0 Å². The maximum absolute atomic E-state index is 12.8. The van der Waals surface area contributed by atoms with Gasteiger partial charge >= 0.3 is 0 Å². The highest BCUT2D eigenvalue weighted by molar-refractivity contribution is 7.86. The maximum Gasteiger partial charge on any atom is 0.281 e. The van der Waals surface area contributed by atoms with E-state index in [0.717, 1.165) is 38.5 Å². The average molecular weight is 332 g/mol. The van der Waals surface area contributed by atoms with E-state index >= 15 is 0 Å².